The molecule has 2 aromatic rings. The van der Waals surface area contributed by atoms with E-state index in [1.54, 1.807) is 6.07 Å². The van der Waals surface area contributed by atoms with Gasteiger partial charge in [-0.2, -0.15) is 0 Å². The predicted octanol–water partition coefficient (Wildman–Crippen LogP) is 2.31. The lowest BCUT2D eigenvalue weighted by Crippen LogP contribution is -1.92. The van der Waals surface area contributed by atoms with Crippen molar-refractivity contribution in [3.63, 3.8) is 0 Å². The van der Waals surface area contributed by atoms with Gasteiger partial charge in [0.1, 0.15) is 0 Å². The molecule has 0 aliphatic heterocycles. The quantitative estimate of drug-likeness (QED) is 0.599. The van der Waals surface area contributed by atoms with E-state index in [1.807, 2.05) is 18.2 Å². The first-order valence-electron chi connectivity index (χ1n) is 4.23. The van der Waals surface area contributed by atoms with Gasteiger partial charge in [0, 0.05) is 16.8 Å². The van der Waals surface area contributed by atoms with Gasteiger partial charge in [0.15, 0.2) is 0 Å². The molecule has 66 valence electrons. The van der Waals surface area contributed by atoms with Crippen LogP contribution in [0.1, 0.15) is 5.56 Å². The number of aryl methyl sites for hydroxylation is 1. The molecule has 2 nitrogen and oxygen atoms in total. The summed E-state index contributed by atoms with van der Waals surface area (Å²) in [5.74, 6) is 0. The molecule has 0 amide bonds. The molecule has 13 heavy (non-hydrogen) atoms. The molecule has 2 rings (SSSR count). The topological polar surface area (TPSA) is 52.0 Å². The fourth-order valence-corrected chi connectivity index (χ4v) is 1.68. The number of nitrogens with two attached hydrogens (primary N) is 2. The van der Waals surface area contributed by atoms with Crippen LogP contribution in [0.5, 0.6) is 0 Å². The number of rotatable bonds is 0. The van der Waals surface area contributed by atoms with Crippen LogP contribution in [0, 0.1) is 6.92 Å². The maximum atomic E-state index is 5.88. The fraction of sp³-hybridized carbons (Fsp3) is 0.0909. The van der Waals surface area contributed by atoms with Crippen molar-refractivity contribution in [1.82, 2.24) is 0 Å². The highest BCUT2D eigenvalue weighted by Gasteiger charge is 2.01. The minimum absolute atomic E-state index is 0.718. The zero-order chi connectivity index (χ0) is 9.42. The van der Waals surface area contributed by atoms with E-state index in [9.17, 15) is 0 Å². The molecule has 0 radical (unpaired) electrons. The zero-order valence-electron chi connectivity index (χ0n) is 7.54. The minimum atomic E-state index is 0.718. The molecule has 0 saturated heterocycles. The van der Waals surface area contributed by atoms with Gasteiger partial charge < -0.3 is 11.5 Å². The van der Waals surface area contributed by atoms with Crippen molar-refractivity contribution in [2.75, 3.05) is 11.5 Å². The van der Waals surface area contributed by atoms with Crippen LogP contribution in [0.2, 0.25) is 0 Å². The minimum Gasteiger partial charge on any atom is -0.399 e. The highest BCUT2D eigenvalue weighted by Crippen LogP contribution is 2.26. The molecule has 0 bridgehead atoms. The summed E-state index contributed by atoms with van der Waals surface area (Å²) in [6, 6.07) is 9.83. The van der Waals surface area contributed by atoms with E-state index in [-0.39, 0.29) is 0 Å². The van der Waals surface area contributed by atoms with Crippen LogP contribution in [-0.4, -0.2) is 0 Å². The van der Waals surface area contributed by atoms with Gasteiger partial charge in [-0.05, 0) is 30.0 Å². The number of hydrogen-bond donors (Lipinski definition) is 2. The Kier molecular flexibility index (Phi) is 1.62. The third-order valence-corrected chi connectivity index (χ3v) is 2.24. The first kappa shape index (κ1) is 7.92. The van der Waals surface area contributed by atoms with Crippen molar-refractivity contribution >= 4 is 22.1 Å². The molecule has 2 aromatic carbocycles. The summed E-state index contributed by atoms with van der Waals surface area (Å²) in [4.78, 5) is 0. The second-order valence-electron chi connectivity index (χ2n) is 3.28. The van der Waals surface area contributed by atoms with Gasteiger partial charge in [-0.1, -0.05) is 18.2 Å². The summed E-state index contributed by atoms with van der Waals surface area (Å²) in [6.07, 6.45) is 0. The van der Waals surface area contributed by atoms with Crippen LogP contribution >= 0.6 is 0 Å². The standard InChI is InChI=1S/C11H12N2/c1-7-3-2-4-8-5-9(12)6-10(13)11(7)8/h2-6H,12-13H2,1H3. The number of benzene rings is 2. The first-order chi connectivity index (χ1) is 6.18. The van der Waals surface area contributed by atoms with Gasteiger partial charge in [-0.3, -0.25) is 0 Å². The van der Waals surface area contributed by atoms with E-state index in [0.717, 1.165) is 22.1 Å². The molecular weight excluding hydrogens is 160 g/mol. The Morgan fingerprint density at radius 1 is 1.08 bits per heavy atom. The summed E-state index contributed by atoms with van der Waals surface area (Å²) >= 11 is 0. The van der Waals surface area contributed by atoms with E-state index < -0.39 is 0 Å². The Balaban J connectivity index is 2.94. The van der Waals surface area contributed by atoms with E-state index in [4.69, 9.17) is 11.5 Å². The van der Waals surface area contributed by atoms with Crippen LogP contribution in [0.4, 0.5) is 11.4 Å². The molecule has 0 saturated carbocycles. The van der Waals surface area contributed by atoms with Crippen molar-refractivity contribution in [1.29, 1.82) is 0 Å². The monoisotopic (exact) mass is 172 g/mol. The molecule has 0 atom stereocenters. The van der Waals surface area contributed by atoms with Crippen molar-refractivity contribution < 1.29 is 0 Å². The van der Waals surface area contributed by atoms with Gasteiger partial charge in [0.25, 0.3) is 0 Å². The lowest BCUT2D eigenvalue weighted by molar-refractivity contribution is 1.53. The maximum Gasteiger partial charge on any atom is 0.0417 e. The fourth-order valence-electron chi connectivity index (χ4n) is 1.68. The van der Waals surface area contributed by atoms with Crippen molar-refractivity contribution in [2.24, 2.45) is 0 Å². The Bertz CT molecular complexity index is 461. The van der Waals surface area contributed by atoms with Gasteiger partial charge >= 0.3 is 0 Å². The number of hydrogen-bond acceptors (Lipinski definition) is 2. The summed E-state index contributed by atoms with van der Waals surface area (Å²) in [5.41, 5.74) is 14.2. The molecular formula is C11H12N2. The molecule has 0 aromatic heterocycles. The Labute approximate surface area is 77.2 Å². The van der Waals surface area contributed by atoms with Crippen LogP contribution in [0.15, 0.2) is 30.3 Å². The molecule has 2 heteroatoms. The third kappa shape index (κ3) is 1.20. The smallest absolute Gasteiger partial charge is 0.0417 e. The van der Waals surface area contributed by atoms with Crippen LogP contribution in [0.3, 0.4) is 0 Å². The average molecular weight is 172 g/mol. The van der Waals surface area contributed by atoms with Crippen molar-refractivity contribution in [3.8, 4) is 0 Å². The van der Waals surface area contributed by atoms with Crippen LogP contribution in [-0.2, 0) is 0 Å². The largest absolute Gasteiger partial charge is 0.399 e. The SMILES string of the molecule is Cc1cccc2cc(N)cc(N)c12. The average Bonchev–Trinajstić information content (AvgIpc) is 2.02. The lowest BCUT2D eigenvalue weighted by atomic mass is 10.0. The van der Waals surface area contributed by atoms with E-state index in [1.165, 1.54) is 5.56 Å². The van der Waals surface area contributed by atoms with Crippen LogP contribution in [0.25, 0.3) is 10.8 Å². The summed E-state index contributed by atoms with van der Waals surface area (Å²) in [7, 11) is 0. The Hall–Kier alpha value is -1.70. The van der Waals surface area contributed by atoms with Gasteiger partial charge in [-0.15, -0.1) is 0 Å². The number of anilines is 2. The second-order valence-corrected chi connectivity index (χ2v) is 3.28. The number of fused-ring (bicyclic) bond motifs is 1. The summed E-state index contributed by atoms with van der Waals surface area (Å²) in [6.45, 7) is 2.05. The highest BCUT2D eigenvalue weighted by molar-refractivity contribution is 5.97. The predicted molar refractivity (Wildman–Crippen MR) is 57.5 cm³/mol. The molecule has 0 heterocycles. The third-order valence-electron chi connectivity index (χ3n) is 2.24. The normalized spacial score (nSPS) is 10.5. The van der Waals surface area contributed by atoms with Gasteiger partial charge in [0.2, 0.25) is 0 Å². The first-order valence-corrected chi connectivity index (χ1v) is 4.23. The molecule has 0 spiro atoms. The molecule has 0 fully saturated rings. The van der Waals surface area contributed by atoms with Crippen molar-refractivity contribution in [3.05, 3.63) is 35.9 Å². The van der Waals surface area contributed by atoms with Gasteiger partial charge in [0.05, 0.1) is 0 Å². The van der Waals surface area contributed by atoms with E-state index in [2.05, 4.69) is 13.0 Å². The summed E-state index contributed by atoms with van der Waals surface area (Å²) in [5, 5.41) is 2.22. The Morgan fingerprint density at radius 3 is 2.62 bits per heavy atom. The van der Waals surface area contributed by atoms with Gasteiger partial charge in [-0.25, -0.2) is 0 Å². The molecule has 0 aliphatic carbocycles. The van der Waals surface area contributed by atoms with E-state index in [0.29, 0.717) is 0 Å². The molecule has 0 unspecified atom stereocenters. The lowest BCUT2D eigenvalue weighted by Gasteiger charge is -2.06. The van der Waals surface area contributed by atoms with Crippen LogP contribution < -0.4 is 11.5 Å². The number of nitrogen functional groups attached to an aromatic ring is 2. The van der Waals surface area contributed by atoms with Crippen molar-refractivity contribution in [2.45, 2.75) is 6.92 Å². The highest BCUT2D eigenvalue weighted by atomic mass is 14.6. The summed E-state index contributed by atoms with van der Waals surface area (Å²) < 4.78 is 0. The maximum absolute atomic E-state index is 5.88. The molecule has 0 aliphatic rings. The zero-order valence-corrected chi connectivity index (χ0v) is 7.54. The molecule has 4 N–H and O–H groups in total. The second kappa shape index (κ2) is 2.66. The Morgan fingerprint density at radius 2 is 1.85 bits per heavy atom. The van der Waals surface area contributed by atoms with E-state index >= 15 is 0 Å².